The molecule has 4 saturated carbocycles. The summed E-state index contributed by atoms with van der Waals surface area (Å²) in [4.78, 5) is 25.3. The molecule has 0 aromatic carbocycles. The maximum atomic E-state index is 12.8. The molecular formula is C20H26O5. The molecule has 5 aliphatic rings. The minimum absolute atomic E-state index is 0.00287. The number of esters is 1. The van der Waals surface area contributed by atoms with E-state index in [1.807, 2.05) is 0 Å². The minimum Gasteiger partial charge on any atom is -0.481 e. The summed E-state index contributed by atoms with van der Waals surface area (Å²) in [7, 11) is 0. The predicted molar refractivity (Wildman–Crippen MR) is 88.4 cm³/mol. The van der Waals surface area contributed by atoms with E-state index in [4.69, 9.17) is 4.74 Å². The van der Waals surface area contributed by atoms with Crippen molar-refractivity contribution < 1.29 is 24.5 Å². The number of carbonyl (C=O) groups excluding carboxylic acids is 1. The predicted octanol–water partition coefficient (Wildman–Crippen LogP) is 2.53. The number of ether oxygens (including phenoxy) is 1. The second kappa shape index (κ2) is 4.13. The highest BCUT2D eigenvalue weighted by atomic mass is 16.6. The molecule has 5 heteroatoms. The van der Waals surface area contributed by atoms with E-state index in [-0.39, 0.29) is 16.7 Å². The van der Waals surface area contributed by atoms with Crippen molar-refractivity contribution in [3.8, 4) is 0 Å². The second-order valence-corrected chi connectivity index (χ2v) is 9.82. The number of carboxylic acids is 1. The molecule has 0 aromatic heterocycles. The number of fused-ring (bicyclic) bond motifs is 1. The Morgan fingerprint density at radius 2 is 2.00 bits per heavy atom. The van der Waals surface area contributed by atoms with Gasteiger partial charge >= 0.3 is 11.9 Å². The van der Waals surface area contributed by atoms with Crippen LogP contribution in [-0.2, 0) is 14.3 Å². The Morgan fingerprint density at radius 3 is 2.68 bits per heavy atom. The molecule has 1 heterocycles. The van der Waals surface area contributed by atoms with Gasteiger partial charge in [0.2, 0.25) is 0 Å². The summed E-state index contributed by atoms with van der Waals surface area (Å²) >= 11 is 0. The van der Waals surface area contributed by atoms with Crippen LogP contribution >= 0.6 is 0 Å². The number of aliphatic hydroxyl groups excluding tert-OH is 1. The van der Waals surface area contributed by atoms with E-state index in [0.29, 0.717) is 19.3 Å². The molecule has 25 heavy (non-hydrogen) atoms. The summed E-state index contributed by atoms with van der Waals surface area (Å²) < 4.78 is 6.04. The van der Waals surface area contributed by atoms with E-state index in [1.165, 1.54) is 0 Å². The first-order valence-electron chi connectivity index (χ1n) is 9.44. The van der Waals surface area contributed by atoms with Gasteiger partial charge in [-0.15, -0.1) is 0 Å². The van der Waals surface area contributed by atoms with Crippen LogP contribution in [0.3, 0.4) is 0 Å². The zero-order valence-electron chi connectivity index (χ0n) is 14.9. The molecule has 5 rings (SSSR count). The average molecular weight is 346 g/mol. The van der Waals surface area contributed by atoms with Crippen molar-refractivity contribution in [1.29, 1.82) is 0 Å². The first kappa shape index (κ1) is 15.9. The molecule has 136 valence electrons. The van der Waals surface area contributed by atoms with Crippen molar-refractivity contribution in [2.75, 3.05) is 0 Å². The number of allylic oxidation sites excluding steroid dienone is 1. The van der Waals surface area contributed by atoms with Gasteiger partial charge in [-0.1, -0.05) is 19.1 Å². The van der Waals surface area contributed by atoms with Crippen molar-refractivity contribution in [2.45, 2.75) is 64.1 Å². The Bertz CT molecular complexity index is 730. The van der Waals surface area contributed by atoms with Gasteiger partial charge < -0.3 is 14.9 Å². The monoisotopic (exact) mass is 346 g/mol. The molecule has 4 aliphatic carbocycles. The van der Waals surface area contributed by atoms with E-state index < -0.39 is 40.9 Å². The number of aliphatic hydroxyl groups is 1. The third kappa shape index (κ3) is 1.41. The van der Waals surface area contributed by atoms with Crippen molar-refractivity contribution in [3.63, 3.8) is 0 Å². The lowest BCUT2D eigenvalue weighted by Crippen LogP contribution is -2.53. The lowest BCUT2D eigenvalue weighted by molar-refractivity contribution is -0.163. The van der Waals surface area contributed by atoms with Gasteiger partial charge in [-0.05, 0) is 56.3 Å². The van der Waals surface area contributed by atoms with Gasteiger partial charge in [0.25, 0.3) is 0 Å². The van der Waals surface area contributed by atoms with Gasteiger partial charge in [-0.2, -0.15) is 0 Å². The van der Waals surface area contributed by atoms with Crippen LogP contribution in [0.4, 0.5) is 0 Å². The Morgan fingerprint density at radius 1 is 1.28 bits per heavy atom. The van der Waals surface area contributed by atoms with E-state index in [0.717, 1.165) is 24.8 Å². The van der Waals surface area contributed by atoms with Crippen LogP contribution < -0.4 is 0 Å². The lowest BCUT2D eigenvalue weighted by atomic mass is 9.59. The molecule has 0 amide bonds. The van der Waals surface area contributed by atoms with Crippen molar-refractivity contribution in [2.24, 2.45) is 34.0 Å². The first-order chi connectivity index (χ1) is 11.6. The van der Waals surface area contributed by atoms with Crippen LogP contribution in [-0.4, -0.2) is 33.9 Å². The molecule has 5 fully saturated rings. The number of carbonyl (C=O) groups is 2. The molecule has 1 spiro atoms. The summed E-state index contributed by atoms with van der Waals surface area (Å²) in [6.07, 6.45) is 3.67. The molecule has 5 nitrogen and oxygen atoms in total. The number of carboxylic acid groups (broad SMARTS) is 1. The fourth-order valence-corrected chi connectivity index (χ4v) is 7.96. The zero-order valence-corrected chi connectivity index (χ0v) is 14.9. The topological polar surface area (TPSA) is 83.8 Å². The standard InChI is InChI=1S/C20H26O5/c1-10-8-19-9-17(10,2)6-4-11(19)20-7-5-12(21)18(3,16(24)25-20)14(20)13(19)15(22)23/h11-14,21H,1,4-9H2,2-3H3,(H,22,23)/t11-,12+,13-,14-,17-,18+,19+,20-/m1/s1. The van der Waals surface area contributed by atoms with Crippen LogP contribution in [0.15, 0.2) is 12.2 Å². The highest BCUT2D eigenvalue weighted by molar-refractivity contribution is 5.85. The van der Waals surface area contributed by atoms with E-state index in [1.54, 1.807) is 6.92 Å². The van der Waals surface area contributed by atoms with E-state index in [2.05, 4.69) is 13.5 Å². The molecular weight excluding hydrogens is 320 g/mol. The third-order valence-electron chi connectivity index (χ3n) is 9.00. The molecule has 0 aromatic rings. The SMILES string of the molecule is C=C1C[C@]23C[C@@]1(C)CC[C@H]2[C@@]12CC[C@H](O)[C@](C)(C(=O)O1)[C@H]2[C@@H]3C(=O)O. The molecule has 0 unspecified atom stereocenters. The normalized spacial score (nSPS) is 58.7. The van der Waals surface area contributed by atoms with Gasteiger partial charge in [0.15, 0.2) is 0 Å². The molecule has 1 saturated heterocycles. The Hall–Kier alpha value is -1.36. The molecule has 1 aliphatic heterocycles. The molecule has 0 radical (unpaired) electrons. The fraction of sp³-hybridized carbons (Fsp3) is 0.800. The number of hydrogen-bond acceptors (Lipinski definition) is 4. The van der Waals surface area contributed by atoms with E-state index in [9.17, 15) is 19.8 Å². The maximum Gasteiger partial charge on any atom is 0.315 e. The molecule has 4 bridgehead atoms. The Labute approximate surface area is 147 Å². The number of aliphatic carboxylic acids is 1. The minimum atomic E-state index is -1.10. The Kier molecular flexibility index (Phi) is 2.62. The van der Waals surface area contributed by atoms with Gasteiger partial charge in [0.05, 0.1) is 17.4 Å². The Balaban J connectivity index is 1.76. The van der Waals surface area contributed by atoms with Crippen LogP contribution in [0.25, 0.3) is 0 Å². The highest BCUT2D eigenvalue weighted by Gasteiger charge is 2.83. The highest BCUT2D eigenvalue weighted by Crippen LogP contribution is 2.79. The molecule has 2 N–H and O–H groups in total. The van der Waals surface area contributed by atoms with Gasteiger partial charge in [-0.25, -0.2) is 0 Å². The maximum absolute atomic E-state index is 12.8. The largest absolute Gasteiger partial charge is 0.481 e. The summed E-state index contributed by atoms with van der Waals surface area (Å²) in [5.74, 6) is -2.25. The van der Waals surface area contributed by atoms with Crippen LogP contribution in [0.5, 0.6) is 0 Å². The van der Waals surface area contributed by atoms with Crippen molar-refractivity contribution in [3.05, 3.63) is 12.2 Å². The second-order valence-electron chi connectivity index (χ2n) is 9.82. The summed E-state index contributed by atoms with van der Waals surface area (Å²) in [6.45, 7) is 8.23. The van der Waals surface area contributed by atoms with E-state index >= 15 is 0 Å². The smallest absolute Gasteiger partial charge is 0.315 e. The van der Waals surface area contributed by atoms with Gasteiger partial charge in [0, 0.05) is 11.8 Å². The van der Waals surface area contributed by atoms with Crippen LogP contribution in [0.1, 0.15) is 52.4 Å². The first-order valence-corrected chi connectivity index (χ1v) is 9.44. The summed E-state index contributed by atoms with van der Waals surface area (Å²) in [6, 6.07) is 0. The third-order valence-corrected chi connectivity index (χ3v) is 9.00. The molecule has 8 atom stereocenters. The summed E-state index contributed by atoms with van der Waals surface area (Å²) in [5, 5.41) is 20.9. The zero-order chi connectivity index (χ0) is 18.0. The fourth-order valence-electron chi connectivity index (χ4n) is 7.96. The van der Waals surface area contributed by atoms with Crippen LogP contribution in [0, 0.1) is 34.0 Å². The number of hydrogen-bond donors (Lipinski definition) is 2. The lowest BCUT2D eigenvalue weighted by Gasteiger charge is -2.46. The average Bonchev–Trinajstić information content (AvgIpc) is 2.95. The van der Waals surface area contributed by atoms with Gasteiger partial charge in [0.1, 0.15) is 5.60 Å². The van der Waals surface area contributed by atoms with Crippen LogP contribution in [0.2, 0.25) is 0 Å². The van der Waals surface area contributed by atoms with Crippen molar-refractivity contribution in [1.82, 2.24) is 0 Å². The quantitative estimate of drug-likeness (QED) is 0.563. The van der Waals surface area contributed by atoms with Gasteiger partial charge in [-0.3, -0.25) is 9.59 Å². The summed E-state index contributed by atoms with van der Waals surface area (Å²) in [5.41, 5.74) is -1.04. The number of rotatable bonds is 1. The van der Waals surface area contributed by atoms with Crippen molar-refractivity contribution >= 4 is 11.9 Å².